The molecular weight excluding hydrogens is 408 g/mol. The molecule has 7 nitrogen and oxygen atoms in total. The van der Waals surface area contributed by atoms with E-state index in [1.807, 2.05) is 0 Å². The maximum atomic E-state index is 13.0. The second-order valence-electron chi connectivity index (χ2n) is 6.75. The largest absolute Gasteiger partial charge is 0.496 e. The molecule has 0 saturated carbocycles. The third-order valence-corrected chi connectivity index (χ3v) is 5.08. The highest BCUT2D eigenvalue weighted by molar-refractivity contribution is 6.30. The maximum absolute atomic E-state index is 13.0. The minimum atomic E-state index is -0.337. The highest BCUT2D eigenvalue weighted by atomic mass is 35.5. The van der Waals surface area contributed by atoms with E-state index in [2.05, 4.69) is 0 Å². The van der Waals surface area contributed by atoms with E-state index in [-0.39, 0.29) is 18.6 Å². The third kappa shape index (κ3) is 5.36. The van der Waals surface area contributed by atoms with Crippen LogP contribution in [0.15, 0.2) is 42.5 Å². The van der Waals surface area contributed by atoms with E-state index >= 15 is 0 Å². The number of methoxy groups -OCH3 is 1. The van der Waals surface area contributed by atoms with Crippen molar-refractivity contribution >= 4 is 23.6 Å². The zero-order valence-corrected chi connectivity index (χ0v) is 17.9. The summed E-state index contributed by atoms with van der Waals surface area (Å²) in [6.45, 7) is 4.18. The summed E-state index contributed by atoms with van der Waals surface area (Å²) in [5.74, 6) is 1.23. The van der Waals surface area contributed by atoms with Gasteiger partial charge in [-0.15, -0.1) is 0 Å². The van der Waals surface area contributed by atoms with Crippen LogP contribution in [0.5, 0.6) is 11.5 Å². The van der Waals surface area contributed by atoms with E-state index in [9.17, 15) is 9.59 Å². The van der Waals surface area contributed by atoms with E-state index in [1.165, 1.54) is 0 Å². The molecule has 2 amide bonds. The van der Waals surface area contributed by atoms with Gasteiger partial charge in [0, 0.05) is 42.3 Å². The summed E-state index contributed by atoms with van der Waals surface area (Å²) >= 11 is 5.90. The maximum Gasteiger partial charge on any atom is 0.409 e. The lowest BCUT2D eigenvalue weighted by atomic mass is 10.1. The van der Waals surface area contributed by atoms with Crippen LogP contribution in [0.1, 0.15) is 22.8 Å². The van der Waals surface area contributed by atoms with Crippen LogP contribution in [-0.4, -0.2) is 61.7 Å². The van der Waals surface area contributed by atoms with Crippen molar-refractivity contribution in [1.82, 2.24) is 9.80 Å². The van der Waals surface area contributed by atoms with Gasteiger partial charge in [0.15, 0.2) is 0 Å². The van der Waals surface area contributed by atoms with Gasteiger partial charge in [-0.1, -0.05) is 11.6 Å². The summed E-state index contributed by atoms with van der Waals surface area (Å²) in [6.07, 6.45) is -0.337. The molecular formula is C22H25ClN2O5. The number of halogens is 1. The van der Waals surface area contributed by atoms with Crippen LogP contribution in [0.4, 0.5) is 4.79 Å². The van der Waals surface area contributed by atoms with Crippen LogP contribution < -0.4 is 9.47 Å². The molecule has 1 saturated heterocycles. The van der Waals surface area contributed by atoms with Crippen molar-refractivity contribution < 1.29 is 23.8 Å². The van der Waals surface area contributed by atoms with E-state index < -0.39 is 0 Å². The van der Waals surface area contributed by atoms with Gasteiger partial charge in [-0.2, -0.15) is 0 Å². The molecule has 0 atom stereocenters. The van der Waals surface area contributed by atoms with E-state index in [4.69, 9.17) is 25.8 Å². The molecule has 0 radical (unpaired) electrons. The Labute approximate surface area is 181 Å². The predicted molar refractivity (Wildman–Crippen MR) is 113 cm³/mol. The van der Waals surface area contributed by atoms with E-state index in [0.29, 0.717) is 54.9 Å². The first-order valence-electron chi connectivity index (χ1n) is 9.78. The van der Waals surface area contributed by atoms with Gasteiger partial charge in [-0.05, 0) is 49.4 Å². The number of nitrogens with zero attached hydrogens (tertiary/aromatic N) is 2. The Morgan fingerprint density at radius 3 is 2.30 bits per heavy atom. The lowest BCUT2D eigenvalue weighted by molar-refractivity contribution is 0.0570. The molecule has 30 heavy (non-hydrogen) atoms. The summed E-state index contributed by atoms with van der Waals surface area (Å²) in [7, 11) is 1.58. The normalized spacial score (nSPS) is 13.7. The van der Waals surface area contributed by atoms with Crippen molar-refractivity contribution in [3.8, 4) is 11.5 Å². The van der Waals surface area contributed by atoms with Crippen LogP contribution in [-0.2, 0) is 11.3 Å². The Morgan fingerprint density at radius 2 is 1.67 bits per heavy atom. The summed E-state index contributed by atoms with van der Waals surface area (Å²) < 4.78 is 16.2. The van der Waals surface area contributed by atoms with Crippen molar-refractivity contribution in [1.29, 1.82) is 0 Å². The van der Waals surface area contributed by atoms with Gasteiger partial charge in [0.25, 0.3) is 5.91 Å². The van der Waals surface area contributed by atoms with Crippen molar-refractivity contribution in [3.63, 3.8) is 0 Å². The first kappa shape index (κ1) is 21.8. The first-order valence-corrected chi connectivity index (χ1v) is 10.2. The molecule has 0 spiro atoms. The molecule has 0 unspecified atom stereocenters. The second-order valence-corrected chi connectivity index (χ2v) is 7.18. The van der Waals surface area contributed by atoms with E-state index in [0.717, 1.165) is 5.56 Å². The fourth-order valence-electron chi connectivity index (χ4n) is 3.21. The number of amides is 2. The van der Waals surface area contributed by atoms with E-state index in [1.54, 1.807) is 66.3 Å². The number of piperazine rings is 1. The first-order chi connectivity index (χ1) is 14.5. The average molecular weight is 433 g/mol. The molecule has 2 aromatic rings. The zero-order chi connectivity index (χ0) is 21.5. The quantitative estimate of drug-likeness (QED) is 0.693. The van der Waals surface area contributed by atoms with Gasteiger partial charge in [0.2, 0.25) is 0 Å². The highest BCUT2D eigenvalue weighted by Gasteiger charge is 2.26. The molecule has 0 bridgehead atoms. The Balaban J connectivity index is 1.65. The van der Waals surface area contributed by atoms with Crippen molar-refractivity contribution in [2.75, 3.05) is 39.9 Å². The van der Waals surface area contributed by atoms with Crippen molar-refractivity contribution in [2.24, 2.45) is 0 Å². The molecule has 3 rings (SSSR count). The Hall–Kier alpha value is -2.93. The van der Waals surface area contributed by atoms with Gasteiger partial charge >= 0.3 is 6.09 Å². The average Bonchev–Trinajstić information content (AvgIpc) is 2.78. The van der Waals surface area contributed by atoms with Gasteiger partial charge in [0.05, 0.1) is 13.7 Å². The van der Waals surface area contributed by atoms with Gasteiger partial charge in [-0.3, -0.25) is 4.79 Å². The van der Waals surface area contributed by atoms with Crippen LogP contribution in [0, 0.1) is 0 Å². The Kier molecular flexibility index (Phi) is 7.41. The van der Waals surface area contributed by atoms with Crippen molar-refractivity contribution in [3.05, 3.63) is 58.6 Å². The smallest absolute Gasteiger partial charge is 0.409 e. The molecule has 1 aliphatic rings. The Morgan fingerprint density at radius 1 is 1.00 bits per heavy atom. The van der Waals surface area contributed by atoms with Crippen LogP contribution in [0.3, 0.4) is 0 Å². The Bertz CT molecular complexity index is 880. The monoisotopic (exact) mass is 432 g/mol. The SMILES string of the molecule is CCOC(=O)N1CCN(C(=O)c2ccc(OC)c(COc3ccc(Cl)cc3)c2)CC1. The standard InChI is InChI=1S/C22H25ClN2O5/c1-3-29-22(27)25-12-10-24(11-13-25)21(26)16-4-9-20(28-2)17(14-16)15-30-19-7-5-18(23)6-8-19/h4-9,14H,3,10-13,15H2,1-2H3. The molecule has 8 heteroatoms. The number of hydrogen-bond acceptors (Lipinski definition) is 5. The van der Waals surface area contributed by atoms with Crippen LogP contribution in [0.25, 0.3) is 0 Å². The molecule has 0 aliphatic carbocycles. The fraction of sp³-hybridized carbons (Fsp3) is 0.364. The lowest BCUT2D eigenvalue weighted by Gasteiger charge is -2.34. The highest BCUT2D eigenvalue weighted by Crippen LogP contribution is 2.24. The van der Waals surface area contributed by atoms with Crippen LogP contribution in [0.2, 0.25) is 5.02 Å². The van der Waals surface area contributed by atoms with Crippen LogP contribution >= 0.6 is 11.6 Å². The number of carbonyl (C=O) groups excluding carboxylic acids is 2. The summed E-state index contributed by atoms with van der Waals surface area (Å²) in [5.41, 5.74) is 1.32. The van der Waals surface area contributed by atoms with Crippen molar-refractivity contribution in [2.45, 2.75) is 13.5 Å². The minimum Gasteiger partial charge on any atom is -0.496 e. The molecule has 160 valence electrons. The second kappa shape index (κ2) is 10.2. The molecule has 0 N–H and O–H groups in total. The number of rotatable bonds is 6. The summed E-state index contributed by atoms with van der Waals surface area (Å²) in [6, 6.07) is 12.4. The number of benzene rings is 2. The molecule has 0 aromatic heterocycles. The summed E-state index contributed by atoms with van der Waals surface area (Å²) in [4.78, 5) is 28.1. The minimum absolute atomic E-state index is 0.0890. The third-order valence-electron chi connectivity index (χ3n) is 4.83. The molecule has 1 heterocycles. The molecule has 2 aromatic carbocycles. The summed E-state index contributed by atoms with van der Waals surface area (Å²) in [5, 5.41) is 0.635. The zero-order valence-electron chi connectivity index (χ0n) is 17.1. The predicted octanol–water partition coefficient (Wildman–Crippen LogP) is 3.84. The fourth-order valence-corrected chi connectivity index (χ4v) is 3.33. The number of hydrogen-bond donors (Lipinski definition) is 0. The van der Waals surface area contributed by atoms with Gasteiger partial charge in [0.1, 0.15) is 18.1 Å². The number of carbonyl (C=O) groups is 2. The molecule has 1 fully saturated rings. The lowest BCUT2D eigenvalue weighted by Crippen LogP contribution is -2.50. The van der Waals surface area contributed by atoms with Gasteiger partial charge < -0.3 is 24.0 Å². The topological polar surface area (TPSA) is 68.3 Å². The van der Waals surface area contributed by atoms with Gasteiger partial charge in [-0.25, -0.2) is 4.79 Å². The number of ether oxygens (including phenoxy) is 3. The molecule has 1 aliphatic heterocycles.